The molecule has 1 saturated heterocycles. The Morgan fingerprint density at radius 2 is 1.67 bits per heavy atom. The summed E-state index contributed by atoms with van der Waals surface area (Å²) in [7, 11) is 0. The third-order valence-electron chi connectivity index (χ3n) is 7.14. The lowest BCUT2D eigenvalue weighted by molar-refractivity contribution is -0.0515. The Bertz CT molecular complexity index is 328. The van der Waals surface area contributed by atoms with E-state index in [0.717, 1.165) is 30.3 Å². The highest BCUT2D eigenvalue weighted by atomic mass is 15.2. The predicted molar refractivity (Wildman–Crippen MR) is 90.3 cm³/mol. The first kappa shape index (κ1) is 15.8. The van der Waals surface area contributed by atoms with Crippen LogP contribution in [0.25, 0.3) is 0 Å². The second-order valence-corrected chi connectivity index (χ2v) is 8.46. The van der Waals surface area contributed by atoms with E-state index >= 15 is 0 Å². The third-order valence-corrected chi connectivity index (χ3v) is 7.14. The molecule has 2 saturated carbocycles. The van der Waals surface area contributed by atoms with Crippen molar-refractivity contribution < 1.29 is 0 Å². The lowest BCUT2D eigenvalue weighted by Gasteiger charge is -2.56. The molecule has 2 N–H and O–H groups in total. The van der Waals surface area contributed by atoms with Crippen LogP contribution in [0.2, 0.25) is 0 Å². The van der Waals surface area contributed by atoms with Gasteiger partial charge in [0.1, 0.15) is 0 Å². The van der Waals surface area contributed by atoms with Gasteiger partial charge >= 0.3 is 0 Å². The molecule has 1 heterocycles. The fourth-order valence-corrected chi connectivity index (χ4v) is 5.67. The molecule has 0 spiro atoms. The summed E-state index contributed by atoms with van der Waals surface area (Å²) in [6.07, 6.45) is 14.3. The van der Waals surface area contributed by atoms with Gasteiger partial charge in [0, 0.05) is 18.1 Å². The Labute approximate surface area is 131 Å². The number of hydrogen-bond donors (Lipinski definition) is 1. The summed E-state index contributed by atoms with van der Waals surface area (Å²) in [5.41, 5.74) is 6.72. The smallest absolute Gasteiger partial charge is 0.0335 e. The SMILES string of the molecule is CC(C)C1CCC(CN)(N2CCC[C@H]3CCCC[C@H]32)CC1. The molecule has 0 aromatic rings. The molecule has 1 aliphatic heterocycles. The van der Waals surface area contributed by atoms with E-state index in [1.165, 1.54) is 70.8 Å². The monoisotopic (exact) mass is 292 g/mol. The van der Waals surface area contributed by atoms with Gasteiger partial charge in [-0.25, -0.2) is 0 Å². The molecule has 122 valence electrons. The van der Waals surface area contributed by atoms with Gasteiger partial charge in [-0.3, -0.25) is 4.90 Å². The van der Waals surface area contributed by atoms with Crippen molar-refractivity contribution >= 4 is 0 Å². The molecule has 0 bridgehead atoms. The van der Waals surface area contributed by atoms with Crippen LogP contribution in [0.4, 0.5) is 0 Å². The summed E-state index contributed by atoms with van der Waals surface area (Å²) in [5.74, 6) is 2.78. The molecule has 2 atom stereocenters. The van der Waals surface area contributed by atoms with Crippen molar-refractivity contribution in [3.8, 4) is 0 Å². The van der Waals surface area contributed by atoms with Gasteiger partial charge in [0.25, 0.3) is 0 Å². The third kappa shape index (κ3) is 3.03. The summed E-state index contributed by atoms with van der Waals surface area (Å²) in [6.45, 7) is 7.02. The van der Waals surface area contributed by atoms with Crippen LogP contribution >= 0.6 is 0 Å². The van der Waals surface area contributed by atoms with Crippen molar-refractivity contribution in [2.75, 3.05) is 13.1 Å². The predicted octanol–water partition coefficient (Wildman–Crippen LogP) is 4.18. The summed E-state index contributed by atoms with van der Waals surface area (Å²) >= 11 is 0. The number of nitrogens with zero attached hydrogens (tertiary/aromatic N) is 1. The van der Waals surface area contributed by atoms with Crippen LogP contribution in [0.15, 0.2) is 0 Å². The van der Waals surface area contributed by atoms with Crippen LogP contribution in [0.1, 0.15) is 78.1 Å². The van der Waals surface area contributed by atoms with Gasteiger partial charge in [-0.1, -0.05) is 26.7 Å². The summed E-state index contributed by atoms with van der Waals surface area (Å²) in [4.78, 5) is 2.93. The van der Waals surface area contributed by atoms with Gasteiger partial charge in [0.15, 0.2) is 0 Å². The molecule has 0 aromatic heterocycles. The molecule has 2 aliphatic carbocycles. The lowest BCUT2D eigenvalue weighted by atomic mass is 9.69. The molecule has 3 fully saturated rings. The number of likely N-dealkylation sites (tertiary alicyclic amines) is 1. The number of nitrogens with two attached hydrogens (primary N) is 1. The van der Waals surface area contributed by atoms with Crippen molar-refractivity contribution in [3.63, 3.8) is 0 Å². The molecular formula is C19H36N2. The highest BCUT2D eigenvalue weighted by Gasteiger charge is 2.46. The Morgan fingerprint density at radius 1 is 1.00 bits per heavy atom. The van der Waals surface area contributed by atoms with Crippen molar-refractivity contribution in [1.29, 1.82) is 0 Å². The zero-order valence-corrected chi connectivity index (χ0v) is 14.3. The van der Waals surface area contributed by atoms with Crippen LogP contribution in [0, 0.1) is 17.8 Å². The molecule has 0 radical (unpaired) electrons. The van der Waals surface area contributed by atoms with Crippen molar-refractivity contribution in [1.82, 2.24) is 4.90 Å². The first-order valence-corrected chi connectivity index (χ1v) is 9.63. The van der Waals surface area contributed by atoms with Gasteiger partial charge in [-0.15, -0.1) is 0 Å². The van der Waals surface area contributed by atoms with Crippen molar-refractivity contribution in [2.45, 2.75) is 89.6 Å². The average Bonchev–Trinajstić information content (AvgIpc) is 2.54. The largest absolute Gasteiger partial charge is 0.329 e. The van der Waals surface area contributed by atoms with E-state index in [4.69, 9.17) is 5.73 Å². The van der Waals surface area contributed by atoms with E-state index in [1.54, 1.807) is 0 Å². The fourth-order valence-electron chi connectivity index (χ4n) is 5.67. The number of hydrogen-bond acceptors (Lipinski definition) is 2. The molecule has 3 aliphatic rings. The highest BCUT2D eigenvalue weighted by molar-refractivity contribution is 5.02. The van der Waals surface area contributed by atoms with Gasteiger partial charge in [0.2, 0.25) is 0 Å². The van der Waals surface area contributed by atoms with Crippen LogP contribution in [-0.2, 0) is 0 Å². The lowest BCUT2D eigenvalue weighted by Crippen LogP contribution is -2.63. The van der Waals surface area contributed by atoms with E-state index < -0.39 is 0 Å². The zero-order chi connectivity index (χ0) is 14.9. The van der Waals surface area contributed by atoms with E-state index in [-0.39, 0.29) is 0 Å². The van der Waals surface area contributed by atoms with Gasteiger partial charge < -0.3 is 5.73 Å². The maximum Gasteiger partial charge on any atom is 0.0335 e. The molecule has 2 heteroatoms. The Kier molecular flexibility index (Phi) is 4.95. The zero-order valence-electron chi connectivity index (χ0n) is 14.3. The van der Waals surface area contributed by atoms with Crippen LogP contribution in [0.5, 0.6) is 0 Å². The quantitative estimate of drug-likeness (QED) is 0.845. The molecule has 0 unspecified atom stereocenters. The summed E-state index contributed by atoms with van der Waals surface area (Å²) in [6, 6.07) is 0.867. The number of piperidine rings is 1. The Hall–Kier alpha value is -0.0800. The Balaban J connectivity index is 1.73. The Morgan fingerprint density at radius 3 is 2.33 bits per heavy atom. The first-order chi connectivity index (χ1) is 10.2. The van der Waals surface area contributed by atoms with E-state index in [9.17, 15) is 0 Å². The minimum absolute atomic E-state index is 0.353. The molecular weight excluding hydrogens is 256 g/mol. The summed E-state index contributed by atoms with van der Waals surface area (Å²) < 4.78 is 0. The van der Waals surface area contributed by atoms with Crippen molar-refractivity contribution in [3.05, 3.63) is 0 Å². The molecule has 3 rings (SSSR count). The topological polar surface area (TPSA) is 29.3 Å². The summed E-state index contributed by atoms with van der Waals surface area (Å²) in [5, 5.41) is 0. The van der Waals surface area contributed by atoms with Crippen molar-refractivity contribution in [2.24, 2.45) is 23.5 Å². The first-order valence-electron chi connectivity index (χ1n) is 9.63. The highest BCUT2D eigenvalue weighted by Crippen LogP contribution is 2.45. The minimum atomic E-state index is 0.353. The standard InChI is InChI=1S/C19H36N2/c1-15(2)16-9-11-19(14-20,12-10-16)21-13-5-7-17-6-3-4-8-18(17)21/h15-18H,3-14,20H2,1-2H3/t16?,17-,18-,19?/m1/s1. The van der Waals surface area contributed by atoms with Crippen LogP contribution < -0.4 is 5.73 Å². The normalized spacial score (nSPS) is 42.0. The fraction of sp³-hybridized carbons (Fsp3) is 1.00. The molecule has 2 nitrogen and oxygen atoms in total. The van der Waals surface area contributed by atoms with E-state index in [0.29, 0.717) is 5.54 Å². The molecule has 0 amide bonds. The van der Waals surface area contributed by atoms with Gasteiger partial charge in [-0.2, -0.15) is 0 Å². The minimum Gasteiger partial charge on any atom is -0.329 e. The van der Waals surface area contributed by atoms with E-state index in [1.807, 2.05) is 0 Å². The van der Waals surface area contributed by atoms with Gasteiger partial charge in [0.05, 0.1) is 0 Å². The van der Waals surface area contributed by atoms with Crippen LogP contribution in [0.3, 0.4) is 0 Å². The molecule has 0 aromatic carbocycles. The maximum absolute atomic E-state index is 6.37. The second-order valence-electron chi connectivity index (χ2n) is 8.46. The average molecular weight is 293 g/mol. The number of rotatable bonds is 3. The molecule has 21 heavy (non-hydrogen) atoms. The van der Waals surface area contributed by atoms with Gasteiger partial charge in [-0.05, 0) is 75.7 Å². The maximum atomic E-state index is 6.37. The van der Waals surface area contributed by atoms with Crippen LogP contribution in [-0.4, -0.2) is 29.6 Å². The number of fused-ring (bicyclic) bond motifs is 1. The second kappa shape index (κ2) is 6.58. The van der Waals surface area contributed by atoms with E-state index in [2.05, 4.69) is 18.7 Å².